The van der Waals surface area contributed by atoms with Gasteiger partial charge in [0.05, 0.1) is 19.3 Å². The molecule has 1 aromatic carbocycles. The maximum Gasteiger partial charge on any atom is 0.225 e. The van der Waals surface area contributed by atoms with Gasteiger partial charge in [-0.05, 0) is 47.4 Å². The molecule has 0 radical (unpaired) electrons. The first kappa shape index (κ1) is 19.8. The van der Waals surface area contributed by atoms with Crippen LogP contribution >= 0.6 is 0 Å². The van der Waals surface area contributed by atoms with Crippen LogP contribution in [0.1, 0.15) is 43.0 Å². The first-order valence-electron chi connectivity index (χ1n) is 9.76. The van der Waals surface area contributed by atoms with Crippen LogP contribution in [0.25, 0.3) is 0 Å². The highest BCUT2D eigenvalue weighted by Gasteiger charge is 2.22. The molecule has 1 N–H and O–H groups in total. The summed E-state index contributed by atoms with van der Waals surface area (Å²) in [6, 6.07) is 6.59. The van der Waals surface area contributed by atoms with Crippen LogP contribution in [0.3, 0.4) is 0 Å². The van der Waals surface area contributed by atoms with Gasteiger partial charge in [0.1, 0.15) is 0 Å². The molecule has 1 fully saturated rings. The van der Waals surface area contributed by atoms with E-state index in [1.54, 1.807) is 0 Å². The van der Waals surface area contributed by atoms with Crippen molar-refractivity contribution in [1.82, 2.24) is 9.97 Å². The van der Waals surface area contributed by atoms with Gasteiger partial charge in [-0.25, -0.2) is 9.97 Å². The standard InChI is InChI=1S/C22H31N3O2/c1-16-6-5-7-20(22(2,3)4)19(16)9-8-17-12-23-21(24-13-17)25-10-11-27-18(14-25)15-26/h5-7,12-13,18,26H,8-11,14-15H2,1-4H3. The minimum atomic E-state index is -0.154. The summed E-state index contributed by atoms with van der Waals surface area (Å²) in [5, 5.41) is 9.29. The normalized spacial score (nSPS) is 18.0. The zero-order valence-corrected chi connectivity index (χ0v) is 16.9. The van der Waals surface area contributed by atoms with Crippen LogP contribution in [0.5, 0.6) is 0 Å². The number of hydrogen-bond acceptors (Lipinski definition) is 5. The topological polar surface area (TPSA) is 58.5 Å². The minimum absolute atomic E-state index is 0.0289. The summed E-state index contributed by atoms with van der Waals surface area (Å²) in [5.41, 5.74) is 5.50. The van der Waals surface area contributed by atoms with E-state index in [-0.39, 0.29) is 18.1 Å². The summed E-state index contributed by atoms with van der Waals surface area (Å²) < 4.78 is 5.49. The molecule has 0 amide bonds. The van der Waals surface area contributed by atoms with Crippen molar-refractivity contribution in [2.45, 2.75) is 52.1 Å². The SMILES string of the molecule is Cc1cccc(C(C)(C)C)c1CCc1cnc(N2CCOC(CO)C2)nc1. The average molecular weight is 370 g/mol. The predicted molar refractivity (Wildman–Crippen MR) is 108 cm³/mol. The Morgan fingerprint density at radius 3 is 2.59 bits per heavy atom. The number of nitrogens with zero attached hydrogens (tertiary/aromatic N) is 3. The number of aromatic nitrogens is 2. The van der Waals surface area contributed by atoms with E-state index in [0.29, 0.717) is 19.1 Å². The third kappa shape index (κ3) is 4.85. The molecule has 1 aromatic heterocycles. The molecule has 0 aliphatic carbocycles. The van der Waals surface area contributed by atoms with E-state index in [2.05, 4.69) is 60.8 Å². The van der Waals surface area contributed by atoms with Gasteiger partial charge in [-0.15, -0.1) is 0 Å². The van der Waals surface area contributed by atoms with E-state index in [1.165, 1.54) is 16.7 Å². The smallest absolute Gasteiger partial charge is 0.225 e. The molecule has 1 saturated heterocycles. The highest BCUT2D eigenvalue weighted by Crippen LogP contribution is 2.28. The van der Waals surface area contributed by atoms with Gasteiger partial charge in [0.25, 0.3) is 0 Å². The van der Waals surface area contributed by atoms with Crippen LogP contribution in [0, 0.1) is 6.92 Å². The Morgan fingerprint density at radius 2 is 1.93 bits per heavy atom. The maximum atomic E-state index is 9.29. The highest BCUT2D eigenvalue weighted by molar-refractivity contribution is 5.39. The molecular weight excluding hydrogens is 338 g/mol. The van der Waals surface area contributed by atoms with Gasteiger partial charge in [0, 0.05) is 25.5 Å². The van der Waals surface area contributed by atoms with E-state index in [9.17, 15) is 5.11 Å². The minimum Gasteiger partial charge on any atom is -0.394 e. The van der Waals surface area contributed by atoms with Gasteiger partial charge in [-0.3, -0.25) is 0 Å². The van der Waals surface area contributed by atoms with E-state index < -0.39 is 0 Å². The molecule has 1 atom stereocenters. The van der Waals surface area contributed by atoms with E-state index in [0.717, 1.165) is 24.9 Å². The van der Waals surface area contributed by atoms with Crippen LogP contribution in [0.4, 0.5) is 5.95 Å². The second kappa shape index (κ2) is 8.36. The first-order valence-corrected chi connectivity index (χ1v) is 9.76. The summed E-state index contributed by atoms with van der Waals surface area (Å²) in [7, 11) is 0. The van der Waals surface area contributed by atoms with E-state index >= 15 is 0 Å². The third-order valence-corrected chi connectivity index (χ3v) is 5.20. The van der Waals surface area contributed by atoms with Crippen molar-refractivity contribution in [2.24, 2.45) is 0 Å². The van der Waals surface area contributed by atoms with Crippen LogP contribution in [0.15, 0.2) is 30.6 Å². The number of aryl methyl sites for hydroxylation is 2. The zero-order chi connectivity index (χ0) is 19.4. The highest BCUT2D eigenvalue weighted by atomic mass is 16.5. The van der Waals surface area contributed by atoms with Gasteiger partial charge in [-0.1, -0.05) is 39.0 Å². The monoisotopic (exact) mass is 369 g/mol. The van der Waals surface area contributed by atoms with Crippen molar-refractivity contribution in [3.8, 4) is 0 Å². The number of rotatable bonds is 5. The molecule has 5 heteroatoms. The lowest BCUT2D eigenvalue weighted by molar-refractivity contribution is 0.00314. The first-order chi connectivity index (χ1) is 12.9. The number of aliphatic hydroxyl groups is 1. The quantitative estimate of drug-likeness (QED) is 0.878. The van der Waals surface area contributed by atoms with Crippen LogP contribution in [-0.2, 0) is 23.0 Å². The van der Waals surface area contributed by atoms with Crippen molar-refractivity contribution in [3.63, 3.8) is 0 Å². The lowest BCUT2D eigenvalue weighted by Gasteiger charge is -2.31. The van der Waals surface area contributed by atoms with Gasteiger partial charge in [0.2, 0.25) is 5.95 Å². The lowest BCUT2D eigenvalue weighted by atomic mass is 9.81. The third-order valence-electron chi connectivity index (χ3n) is 5.20. The molecule has 0 bridgehead atoms. The fourth-order valence-corrected chi connectivity index (χ4v) is 3.66. The molecule has 2 heterocycles. The number of morpholine rings is 1. The fourth-order valence-electron chi connectivity index (χ4n) is 3.66. The largest absolute Gasteiger partial charge is 0.394 e. The van der Waals surface area contributed by atoms with E-state index in [4.69, 9.17) is 4.74 Å². The molecule has 1 aliphatic rings. The second-order valence-corrected chi connectivity index (χ2v) is 8.36. The van der Waals surface area contributed by atoms with Gasteiger partial charge in [-0.2, -0.15) is 0 Å². The predicted octanol–water partition coefficient (Wildman–Crippen LogP) is 3.07. The Hall–Kier alpha value is -1.98. The van der Waals surface area contributed by atoms with Crippen molar-refractivity contribution in [1.29, 1.82) is 0 Å². The maximum absolute atomic E-state index is 9.29. The number of aliphatic hydroxyl groups excluding tert-OH is 1. The van der Waals surface area contributed by atoms with Crippen molar-refractivity contribution >= 4 is 5.95 Å². The lowest BCUT2D eigenvalue weighted by Crippen LogP contribution is -2.44. The Labute approximate surface area is 162 Å². The Kier molecular flexibility index (Phi) is 6.12. The van der Waals surface area contributed by atoms with Crippen molar-refractivity contribution in [2.75, 3.05) is 31.2 Å². The summed E-state index contributed by atoms with van der Waals surface area (Å²) in [4.78, 5) is 11.2. The van der Waals surface area contributed by atoms with Crippen molar-refractivity contribution in [3.05, 3.63) is 52.8 Å². The summed E-state index contributed by atoms with van der Waals surface area (Å²) in [6.07, 6.45) is 5.63. The molecule has 146 valence electrons. The Bertz CT molecular complexity index is 753. The molecule has 2 aromatic rings. The molecule has 1 unspecified atom stereocenters. The van der Waals surface area contributed by atoms with Gasteiger partial charge >= 0.3 is 0 Å². The number of benzene rings is 1. The molecular formula is C22H31N3O2. The second-order valence-electron chi connectivity index (χ2n) is 8.36. The summed E-state index contributed by atoms with van der Waals surface area (Å²) >= 11 is 0. The van der Waals surface area contributed by atoms with Gasteiger partial charge in [0.15, 0.2) is 0 Å². The van der Waals surface area contributed by atoms with Crippen LogP contribution < -0.4 is 4.90 Å². The van der Waals surface area contributed by atoms with E-state index in [1.807, 2.05) is 12.4 Å². The van der Waals surface area contributed by atoms with Crippen LogP contribution in [0.2, 0.25) is 0 Å². The van der Waals surface area contributed by atoms with Crippen molar-refractivity contribution < 1.29 is 9.84 Å². The number of ether oxygens (including phenoxy) is 1. The number of hydrogen-bond donors (Lipinski definition) is 1. The molecule has 0 spiro atoms. The fraction of sp³-hybridized carbons (Fsp3) is 0.545. The van der Waals surface area contributed by atoms with Gasteiger partial charge < -0.3 is 14.7 Å². The molecule has 5 nitrogen and oxygen atoms in total. The molecule has 0 saturated carbocycles. The van der Waals surface area contributed by atoms with Crippen LogP contribution in [-0.4, -0.2) is 47.5 Å². The summed E-state index contributed by atoms with van der Waals surface area (Å²) in [5.74, 6) is 0.715. The zero-order valence-electron chi connectivity index (χ0n) is 16.9. The molecule has 27 heavy (non-hydrogen) atoms. The average Bonchev–Trinajstić information content (AvgIpc) is 2.66. The summed E-state index contributed by atoms with van der Waals surface area (Å²) in [6.45, 7) is 11.0. The Morgan fingerprint density at radius 1 is 1.19 bits per heavy atom. The molecule has 3 rings (SSSR count). The number of anilines is 1. The molecule has 1 aliphatic heterocycles. The Balaban J connectivity index is 1.68.